The lowest BCUT2D eigenvalue weighted by molar-refractivity contribution is -0.119. The summed E-state index contributed by atoms with van der Waals surface area (Å²) in [4.78, 5) is 15.6. The Morgan fingerprint density at radius 1 is 1.56 bits per heavy atom. The summed E-state index contributed by atoms with van der Waals surface area (Å²) in [6.45, 7) is 0.356. The topological polar surface area (TPSA) is 53.5 Å². The Labute approximate surface area is 100 Å². The van der Waals surface area contributed by atoms with Crippen molar-refractivity contribution in [3.05, 3.63) is 11.9 Å². The lowest BCUT2D eigenvalue weighted by atomic mass is 9.93. The van der Waals surface area contributed by atoms with E-state index in [1.807, 2.05) is 6.08 Å². The van der Waals surface area contributed by atoms with Crippen molar-refractivity contribution in [1.29, 1.82) is 0 Å². The van der Waals surface area contributed by atoms with Gasteiger partial charge in [-0.2, -0.15) is 0 Å². The van der Waals surface area contributed by atoms with Gasteiger partial charge < -0.3 is 10.6 Å². The zero-order valence-corrected chi connectivity index (χ0v) is 9.89. The number of amides is 1. The molecular weight excluding hydrogens is 226 g/mol. The Bertz CT molecular complexity index is 334. The standard InChI is InChI=1S/C11H16ClN3O/c12-9-5-2-6-10(14-9)15-11(16)7-13-8-3-1-4-8/h6,8,13H,1-5,7H2,(H,15,16). The number of allylic oxidation sites excluding steroid dienone is 1. The second-order valence-corrected chi connectivity index (χ2v) is 4.61. The first-order chi connectivity index (χ1) is 7.74. The van der Waals surface area contributed by atoms with Crippen molar-refractivity contribution >= 4 is 22.7 Å². The molecule has 2 N–H and O–H groups in total. The summed E-state index contributed by atoms with van der Waals surface area (Å²) in [5.41, 5.74) is 0. The van der Waals surface area contributed by atoms with Crippen molar-refractivity contribution in [1.82, 2.24) is 10.6 Å². The number of carbonyl (C=O) groups excluding carboxylic acids is 1. The number of aliphatic imine (C=N–C) groups is 1. The van der Waals surface area contributed by atoms with Crippen molar-refractivity contribution in [2.75, 3.05) is 6.54 Å². The van der Waals surface area contributed by atoms with Crippen LogP contribution in [0.4, 0.5) is 0 Å². The maximum Gasteiger partial charge on any atom is 0.239 e. The molecule has 1 aliphatic carbocycles. The molecule has 0 atom stereocenters. The van der Waals surface area contributed by atoms with Gasteiger partial charge in [-0.1, -0.05) is 18.0 Å². The number of nitrogens with one attached hydrogen (secondary N) is 2. The third-order valence-corrected chi connectivity index (χ3v) is 3.13. The quantitative estimate of drug-likeness (QED) is 0.784. The van der Waals surface area contributed by atoms with Crippen LogP contribution in [0.2, 0.25) is 0 Å². The van der Waals surface area contributed by atoms with Gasteiger partial charge in [0.15, 0.2) is 0 Å². The first-order valence-corrected chi connectivity index (χ1v) is 6.08. The fourth-order valence-corrected chi connectivity index (χ4v) is 1.88. The van der Waals surface area contributed by atoms with Gasteiger partial charge >= 0.3 is 0 Å². The first kappa shape index (κ1) is 11.6. The maximum atomic E-state index is 11.5. The molecule has 1 fully saturated rings. The average Bonchev–Trinajstić information content (AvgIpc) is 2.15. The molecule has 2 aliphatic rings. The lowest BCUT2D eigenvalue weighted by Gasteiger charge is -2.26. The predicted octanol–water partition coefficient (Wildman–Crippen LogP) is 1.52. The van der Waals surface area contributed by atoms with Crippen LogP contribution < -0.4 is 10.6 Å². The summed E-state index contributed by atoms with van der Waals surface area (Å²) in [6.07, 6.45) is 7.13. The van der Waals surface area contributed by atoms with Crippen LogP contribution in [0.3, 0.4) is 0 Å². The number of halogens is 1. The van der Waals surface area contributed by atoms with E-state index in [0.717, 1.165) is 12.8 Å². The van der Waals surface area contributed by atoms with E-state index >= 15 is 0 Å². The van der Waals surface area contributed by atoms with Crippen molar-refractivity contribution in [2.45, 2.75) is 38.1 Å². The predicted molar refractivity (Wildman–Crippen MR) is 64.4 cm³/mol. The van der Waals surface area contributed by atoms with Crippen LogP contribution >= 0.6 is 11.6 Å². The number of nitrogens with zero attached hydrogens (tertiary/aromatic N) is 1. The van der Waals surface area contributed by atoms with E-state index < -0.39 is 0 Å². The lowest BCUT2D eigenvalue weighted by Crippen LogP contribution is -2.42. The summed E-state index contributed by atoms with van der Waals surface area (Å²) < 4.78 is 0. The Morgan fingerprint density at radius 3 is 3.00 bits per heavy atom. The van der Waals surface area contributed by atoms with Gasteiger partial charge in [0, 0.05) is 12.5 Å². The molecule has 0 spiro atoms. The molecule has 2 rings (SSSR count). The molecule has 0 bridgehead atoms. The third kappa shape index (κ3) is 3.32. The normalized spacial score (nSPS) is 20.8. The number of carbonyl (C=O) groups is 1. The molecule has 0 aromatic heterocycles. The highest BCUT2D eigenvalue weighted by Crippen LogP contribution is 2.17. The second-order valence-electron chi connectivity index (χ2n) is 4.17. The summed E-state index contributed by atoms with van der Waals surface area (Å²) in [5.74, 6) is 0.532. The molecule has 16 heavy (non-hydrogen) atoms. The third-order valence-electron chi connectivity index (χ3n) is 2.85. The summed E-state index contributed by atoms with van der Waals surface area (Å²) in [6, 6.07) is 0.526. The van der Waals surface area contributed by atoms with Gasteiger partial charge in [-0.3, -0.25) is 4.79 Å². The van der Waals surface area contributed by atoms with Crippen LogP contribution in [0.15, 0.2) is 16.9 Å². The van der Waals surface area contributed by atoms with Gasteiger partial charge in [0.05, 0.1) is 6.54 Å². The number of hydrogen-bond donors (Lipinski definition) is 2. The Balaban J connectivity index is 1.71. The molecule has 4 nitrogen and oxygen atoms in total. The van der Waals surface area contributed by atoms with Crippen molar-refractivity contribution in [3.8, 4) is 0 Å². The van der Waals surface area contributed by atoms with Crippen LogP contribution in [0.5, 0.6) is 0 Å². The highest BCUT2D eigenvalue weighted by Gasteiger charge is 2.17. The molecule has 0 radical (unpaired) electrons. The first-order valence-electron chi connectivity index (χ1n) is 5.70. The van der Waals surface area contributed by atoms with Gasteiger partial charge in [-0.05, 0) is 25.3 Å². The largest absolute Gasteiger partial charge is 0.310 e. The van der Waals surface area contributed by atoms with Crippen LogP contribution in [0.1, 0.15) is 32.1 Å². The molecule has 1 saturated carbocycles. The molecular formula is C11H16ClN3O. The van der Waals surface area contributed by atoms with Gasteiger partial charge in [0.1, 0.15) is 11.0 Å². The fourth-order valence-electron chi connectivity index (χ4n) is 1.68. The van der Waals surface area contributed by atoms with Gasteiger partial charge in [-0.15, -0.1) is 0 Å². The molecule has 0 aromatic rings. The maximum absolute atomic E-state index is 11.5. The SMILES string of the molecule is O=C(CNC1CCC1)NC1=CCCC(Cl)=N1. The molecule has 1 heterocycles. The monoisotopic (exact) mass is 241 g/mol. The van der Waals surface area contributed by atoms with Gasteiger partial charge in [0.25, 0.3) is 0 Å². The molecule has 1 amide bonds. The molecule has 0 unspecified atom stereocenters. The summed E-state index contributed by atoms with van der Waals surface area (Å²) in [5, 5.41) is 6.50. The summed E-state index contributed by atoms with van der Waals surface area (Å²) >= 11 is 5.80. The van der Waals surface area contributed by atoms with Crippen molar-refractivity contribution < 1.29 is 4.79 Å². The van der Waals surface area contributed by atoms with Crippen LogP contribution in [-0.4, -0.2) is 23.7 Å². The molecule has 5 heteroatoms. The molecule has 1 aliphatic heterocycles. The summed E-state index contributed by atoms with van der Waals surface area (Å²) in [7, 11) is 0. The minimum absolute atomic E-state index is 0.0479. The Kier molecular flexibility index (Phi) is 3.96. The van der Waals surface area contributed by atoms with Crippen LogP contribution in [-0.2, 0) is 4.79 Å². The zero-order valence-electron chi connectivity index (χ0n) is 9.13. The van der Waals surface area contributed by atoms with E-state index in [2.05, 4.69) is 15.6 Å². The Hall–Kier alpha value is -0.870. The minimum Gasteiger partial charge on any atom is -0.310 e. The molecule has 88 valence electrons. The van der Waals surface area contributed by atoms with E-state index in [1.54, 1.807) is 0 Å². The van der Waals surface area contributed by atoms with Crippen molar-refractivity contribution in [3.63, 3.8) is 0 Å². The van der Waals surface area contributed by atoms with Gasteiger partial charge in [-0.25, -0.2) is 4.99 Å². The van der Waals surface area contributed by atoms with E-state index in [0.29, 0.717) is 23.6 Å². The minimum atomic E-state index is -0.0479. The van der Waals surface area contributed by atoms with E-state index in [-0.39, 0.29) is 5.91 Å². The van der Waals surface area contributed by atoms with Crippen molar-refractivity contribution in [2.24, 2.45) is 4.99 Å². The molecule has 0 aromatic carbocycles. The highest BCUT2D eigenvalue weighted by molar-refractivity contribution is 6.65. The average molecular weight is 242 g/mol. The van der Waals surface area contributed by atoms with Crippen LogP contribution in [0.25, 0.3) is 0 Å². The molecule has 0 saturated heterocycles. The second kappa shape index (κ2) is 5.46. The van der Waals surface area contributed by atoms with Crippen LogP contribution in [0, 0.1) is 0 Å². The number of hydrogen-bond acceptors (Lipinski definition) is 3. The smallest absolute Gasteiger partial charge is 0.239 e. The number of rotatable bonds is 4. The van der Waals surface area contributed by atoms with Gasteiger partial charge in [0.2, 0.25) is 5.91 Å². The van der Waals surface area contributed by atoms with E-state index in [4.69, 9.17) is 11.6 Å². The van der Waals surface area contributed by atoms with E-state index in [9.17, 15) is 4.79 Å². The Morgan fingerprint density at radius 2 is 2.38 bits per heavy atom. The highest BCUT2D eigenvalue weighted by atomic mass is 35.5. The van der Waals surface area contributed by atoms with E-state index in [1.165, 1.54) is 19.3 Å². The fraction of sp³-hybridized carbons (Fsp3) is 0.636. The zero-order chi connectivity index (χ0) is 11.4.